The van der Waals surface area contributed by atoms with E-state index in [9.17, 15) is 9.59 Å². The number of hydrogen-bond donors (Lipinski definition) is 1. The molecule has 1 aliphatic heterocycles. The number of aromatic nitrogens is 1. The van der Waals surface area contributed by atoms with Gasteiger partial charge in [0.05, 0.1) is 18.3 Å². The number of ether oxygens (including phenoxy) is 1. The summed E-state index contributed by atoms with van der Waals surface area (Å²) in [6.07, 6.45) is 0. The molecule has 0 radical (unpaired) electrons. The third-order valence-corrected chi connectivity index (χ3v) is 4.19. The van der Waals surface area contributed by atoms with E-state index >= 15 is 0 Å². The van der Waals surface area contributed by atoms with E-state index in [1.807, 2.05) is 27.7 Å². The molecule has 1 aliphatic rings. The van der Waals surface area contributed by atoms with Crippen molar-refractivity contribution in [3.05, 3.63) is 27.7 Å². The monoisotopic (exact) mass is 293 g/mol. The summed E-state index contributed by atoms with van der Waals surface area (Å²) in [4.78, 5) is 26.1. The molecule has 0 unspecified atom stereocenters. The average molecular weight is 293 g/mol. The molecule has 0 spiro atoms. The highest BCUT2D eigenvalue weighted by molar-refractivity contribution is 6.62. The highest BCUT2D eigenvalue weighted by atomic mass is 16.7. The first kappa shape index (κ1) is 15.8. The number of aryl methyl sites for hydroxylation is 1. The number of nitrogens with one attached hydrogen (secondary N) is 1. The second kappa shape index (κ2) is 5.00. The molecule has 21 heavy (non-hydrogen) atoms. The van der Waals surface area contributed by atoms with Crippen LogP contribution in [0.3, 0.4) is 0 Å². The van der Waals surface area contributed by atoms with Crippen molar-refractivity contribution in [2.45, 2.75) is 45.8 Å². The molecular formula is C14H20BNO5. The van der Waals surface area contributed by atoms with Gasteiger partial charge in [-0.25, -0.2) is 4.79 Å². The second-order valence-corrected chi connectivity index (χ2v) is 6.17. The van der Waals surface area contributed by atoms with Gasteiger partial charge in [0.2, 0.25) is 0 Å². The molecule has 6 nitrogen and oxygen atoms in total. The van der Waals surface area contributed by atoms with Gasteiger partial charge in [0.1, 0.15) is 5.56 Å². The number of carbonyl (C=O) groups is 1. The zero-order chi connectivity index (χ0) is 16.0. The van der Waals surface area contributed by atoms with Gasteiger partial charge < -0.3 is 19.0 Å². The van der Waals surface area contributed by atoms with Crippen molar-refractivity contribution in [2.75, 3.05) is 7.11 Å². The molecule has 0 atom stereocenters. The van der Waals surface area contributed by atoms with Gasteiger partial charge in [-0.3, -0.25) is 4.79 Å². The fraction of sp³-hybridized carbons (Fsp3) is 0.571. The number of H-pyrrole nitrogens is 1. The third-order valence-electron chi connectivity index (χ3n) is 4.19. The summed E-state index contributed by atoms with van der Waals surface area (Å²) in [6, 6.07) is 1.47. The van der Waals surface area contributed by atoms with E-state index in [0.29, 0.717) is 11.2 Å². The van der Waals surface area contributed by atoms with Gasteiger partial charge in [0.25, 0.3) is 5.56 Å². The normalized spacial score (nSPS) is 19.6. The van der Waals surface area contributed by atoms with Crippen molar-refractivity contribution < 1.29 is 18.8 Å². The Balaban J connectivity index is 2.47. The van der Waals surface area contributed by atoms with Crippen LogP contribution in [0.15, 0.2) is 10.9 Å². The molecule has 0 aromatic carbocycles. The number of carbonyl (C=O) groups excluding carboxylic acids is 1. The number of pyridine rings is 1. The quantitative estimate of drug-likeness (QED) is 0.643. The molecule has 0 amide bonds. The first-order valence-corrected chi connectivity index (χ1v) is 6.77. The van der Waals surface area contributed by atoms with Crippen LogP contribution in [0, 0.1) is 6.92 Å². The number of esters is 1. The van der Waals surface area contributed by atoms with Crippen LogP contribution in [0.4, 0.5) is 0 Å². The SMILES string of the molecule is COC(=O)c1cc(B2OC(C)(C)C(C)(C)O2)c(C)[nH]c1=O. The maximum Gasteiger partial charge on any atom is 0.496 e. The predicted molar refractivity (Wildman–Crippen MR) is 78.9 cm³/mol. The highest BCUT2D eigenvalue weighted by Gasteiger charge is 2.52. The van der Waals surface area contributed by atoms with Crippen LogP contribution in [-0.4, -0.2) is 36.4 Å². The Morgan fingerprint density at radius 3 is 2.24 bits per heavy atom. The van der Waals surface area contributed by atoms with Gasteiger partial charge in [-0.2, -0.15) is 0 Å². The zero-order valence-electron chi connectivity index (χ0n) is 13.2. The molecule has 7 heteroatoms. The third kappa shape index (κ3) is 2.63. The maximum atomic E-state index is 11.8. The minimum absolute atomic E-state index is 0.0622. The summed E-state index contributed by atoms with van der Waals surface area (Å²) < 4.78 is 16.5. The minimum atomic E-state index is -0.686. The van der Waals surface area contributed by atoms with Crippen LogP contribution in [0.2, 0.25) is 0 Å². The molecule has 0 aliphatic carbocycles. The van der Waals surface area contributed by atoms with Gasteiger partial charge in [-0.05, 0) is 40.7 Å². The van der Waals surface area contributed by atoms with Gasteiger partial charge in [0.15, 0.2) is 0 Å². The van der Waals surface area contributed by atoms with Crippen LogP contribution < -0.4 is 11.0 Å². The van der Waals surface area contributed by atoms with E-state index in [2.05, 4.69) is 9.72 Å². The summed E-state index contributed by atoms with van der Waals surface area (Å²) in [7, 11) is 0.589. The predicted octanol–water partition coefficient (Wildman–Crippen LogP) is 0.769. The van der Waals surface area contributed by atoms with Crippen molar-refractivity contribution in [2.24, 2.45) is 0 Å². The molecule has 1 N–H and O–H groups in total. The largest absolute Gasteiger partial charge is 0.496 e. The van der Waals surface area contributed by atoms with Gasteiger partial charge in [0, 0.05) is 11.2 Å². The van der Waals surface area contributed by atoms with Crippen molar-refractivity contribution >= 4 is 18.6 Å². The zero-order valence-corrected chi connectivity index (χ0v) is 13.2. The Kier molecular flexibility index (Phi) is 3.76. The highest BCUT2D eigenvalue weighted by Crippen LogP contribution is 2.36. The Hall–Kier alpha value is -1.60. The molecular weight excluding hydrogens is 273 g/mol. The van der Waals surface area contributed by atoms with Crippen LogP contribution in [0.25, 0.3) is 0 Å². The van der Waals surface area contributed by atoms with E-state index in [0.717, 1.165) is 0 Å². The van der Waals surface area contributed by atoms with E-state index < -0.39 is 29.8 Å². The van der Waals surface area contributed by atoms with Crippen LogP contribution >= 0.6 is 0 Å². The first-order chi connectivity index (χ1) is 9.59. The first-order valence-electron chi connectivity index (χ1n) is 6.77. The van der Waals surface area contributed by atoms with Gasteiger partial charge in [-0.1, -0.05) is 0 Å². The Labute approximate surface area is 123 Å². The number of methoxy groups -OCH3 is 1. The lowest BCUT2D eigenvalue weighted by atomic mass is 9.77. The van der Waals surface area contributed by atoms with E-state index in [1.54, 1.807) is 6.92 Å². The average Bonchev–Trinajstić information content (AvgIpc) is 2.57. The summed E-state index contributed by atoms with van der Waals surface area (Å²) in [5.74, 6) is -0.686. The molecule has 1 fully saturated rings. The van der Waals surface area contributed by atoms with E-state index in [4.69, 9.17) is 9.31 Å². The molecule has 0 bridgehead atoms. The van der Waals surface area contributed by atoms with Crippen LogP contribution in [0.5, 0.6) is 0 Å². The summed E-state index contributed by atoms with van der Waals surface area (Å²) in [5.41, 5.74) is -0.315. The summed E-state index contributed by atoms with van der Waals surface area (Å²) >= 11 is 0. The fourth-order valence-electron chi connectivity index (χ4n) is 2.12. The van der Waals surface area contributed by atoms with Crippen molar-refractivity contribution in [1.29, 1.82) is 0 Å². The number of rotatable bonds is 2. The lowest BCUT2D eigenvalue weighted by molar-refractivity contribution is 0.00578. The lowest BCUT2D eigenvalue weighted by Gasteiger charge is -2.32. The standard InChI is InChI=1S/C14H20BNO5/c1-8-10(7-9(11(17)16-8)12(18)19-6)15-20-13(2,3)14(4,5)21-15/h7H,1-6H3,(H,16,17). The van der Waals surface area contributed by atoms with Gasteiger partial charge >= 0.3 is 13.1 Å². The molecule has 1 aromatic rings. The van der Waals surface area contributed by atoms with Crippen molar-refractivity contribution in [3.63, 3.8) is 0 Å². The summed E-state index contributed by atoms with van der Waals surface area (Å²) in [5, 5.41) is 0. The van der Waals surface area contributed by atoms with E-state index in [-0.39, 0.29) is 5.56 Å². The molecule has 1 saturated heterocycles. The summed E-state index contributed by atoms with van der Waals surface area (Å²) in [6.45, 7) is 9.50. The number of hydrogen-bond acceptors (Lipinski definition) is 5. The van der Waals surface area contributed by atoms with Crippen molar-refractivity contribution in [3.8, 4) is 0 Å². The minimum Gasteiger partial charge on any atom is -0.465 e. The topological polar surface area (TPSA) is 77.6 Å². The molecule has 2 heterocycles. The fourth-order valence-corrected chi connectivity index (χ4v) is 2.12. The van der Waals surface area contributed by atoms with Crippen molar-refractivity contribution in [1.82, 2.24) is 4.98 Å². The number of aromatic amines is 1. The second-order valence-electron chi connectivity index (χ2n) is 6.17. The van der Waals surface area contributed by atoms with Crippen LogP contribution in [-0.2, 0) is 14.0 Å². The Bertz CT molecular complexity index is 619. The van der Waals surface area contributed by atoms with Gasteiger partial charge in [-0.15, -0.1) is 0 Å². The smallest absolute Gasteiger partial charge is 0.465 e. The molecule has 1 aromatic heterocycles. The maximum absolute atomic E-state index is 11.8. The Morgan fingerprint density at radius 1 is 1.24 bits per heavy atom. The molecule has 2 rings (SSSR count). The molecule has 0 saturated carbocycles. The molecule has 114 valence electrons. The Morgan fingerprint density at radius 2 is 1.76 bits per heavy atom. The lowest BCUT2D eigenvalue weighted by Crippen LogP contribution is -2.41. The van der Waals surface area contributed by atoms with E-state index in [1.165, 1.54) is 13.2 Å². The van der Waals surface area contributed by atoms with Crippen LogP contribution in [0.1, 0.15) is 43.7 Å².